The summed E-state index contributed by atoms with van der Waals surface area (Å²) in [6.07, 6.45) is -0.716. The van der Waals surface area contributed by atoms with Crippen LogP contribution in [0.2, 0.25) is 0 Å². The van der Waals surface area contributed by atoms with Crippen LogP contribution < -0.4 is 5.32 Å². The van der Waals surface area contributed by atoms with Gasteiger partial charge in [0, 0.05) is 6.54 Å². The predicted molar refractivity (Wildman–Crippen MR) is 75.6 cm³/mol. The number of aliphatic carboxylic acids is 1. The fraction of sp³-hybridized carbons (Fsp3) is 0.467. The summed E-state index contributed by atoms with van der Waals surface area (Å²) < 4.78 is 18.3. The van der Waals surface area contributed by atoms with Crippen LogP contribution in [0.3, 0.4) is 0 Å². The summed E-state index contributed by atoms with van der Waals surface area (Å²) >= 11 is 0. The standard InChI is InChI=1S/C15H20FNO4/c1-14(2,3)21-13(20)17-9-15(4,12(18)19)10-6-5-7-11(16)8-10/h5-8H,9H2,1-4H3,(H,17,20)(H,18,19). The molecule has 0 saturated carbocycles. The normalized spacial score (nSPS) is 14.1. The maximum Gasteiger partial charge on any atom is 0.407 e. The molecule has 21 heavy (non-hydrogen) atoms. The fourth-order valence-electron chi connectivity index (χ4n) is 1.70. The molecule has 0 aliphatic heterocycles. The maximum atomic E-state index is 13.3. The highest BCUT2D eigenvalue weighted by molar-refractivity contribution is 5.82. The third-order valence-electron chi connectivity index (χ3n) is 2.92. The summed E-state index contributed by atoms with van der Waals surface area (Å²) in [5.74, 6) is -1.69. The maximum absolute atomic E-state index is 13.3. The molecule has 1 unspecified atom stereocenters. The van der Waals surface area contributed by atoms with Crippen molar-refractivity contribution in [1.29, 1.82) is 0 Å². The molecule has 0 aromatic heterocycles. The smallest absolute Gasteiger partial charge is 0.407 e. The van der Waals surface area contributed by atoms with E-state index in [0.717, 1.165) is 6.07 Å². The topological polar surface area (TPSA) is 75.6 Å². The lowest BCUT2D eigenvalue weighted by molar-refractivity contribution is -0.143. The van der Waals surface area contributed by atoms with Crippen LogP contribution in [0.5, 0.6) is 0 Å². The summed E-state index contributed by atoms with van der Waals surface area (Å²) in [7, 11) is 0. The summed E-state index contributed by atoms with van der Waals surface area (Å²) in [5, 5.41) is 11.8. The lowest BCUT2D eigenvalue weighted by Gasteiger charge is -2.27. The number of hydrogen-bond acceptors (Lipinski definition) is 3. The van der Waals surface area contributed by atoms with Gasteiger partial charge in [-0.05, 0) is 45.4 Å². The first kappa shape index (κ1) is 16.9. The van der Waals surface area contributed by atoms with Gasteiger partial charge < -0.3 is 15.2 Å². The zero-order valence-electron chi connectivity index (χ0n) is 12.6. The highest BCUT2D eigenvalue weighted by atomic mass is 19.1. The first-order valence-corrected chi connectivity index (χ1v) is 6.51. The van der Waals surface area contributed by atoms with Crippen molar-refractivity contribution in [1.82, 2.24) is 5.32 Å². The van der Waals surface area contributed by atoms with E-state index < -0.39 is 28.9 Å². The molecule has 6 heteroatoms. The van der Waals surface area contributed by atoms with Gasteiger partial charge >= 0.3 is 12.1 Å². The summed E-state index contributed by atoms with van der Waals surface area (Å²) in [6, 6.07) is 5.31. The first-order valence-electron chi connectivity index (χ1n) is 6.51. The van der Waals surface area contributed by atoms with Crippen LogP contribution in [-0.4, -0.2) is 29.3 Å². The molecule has 1 atom stereocenters. The number of ether oxygens (including phenoxy) is 1. The monoisotopic (exact) mass is 297 g/mol. The van der Waals surface area contributed by atoms with Crippen LogP contribution in [0.1, 0.15) is 33.3 Å². The largest absolute Gasteiger partial charge is 0.481 e. The molecule has 0 aliphatic carbocycles. The Bertz CT molecular complexity index is 539. The molecular weight excluding hydrogens is 277 g/mol. The van der Waals surface area contributed by atoms with E-state index in [9.17, 15) is 19.1 Å². The van der Waals surface area contributed by atoms with Crippen LogP contribution in [0.15, 0.2) is 24.3 Å². The molecule has 0 fully saturated rings. The van der Waals surface area contributed by atoms with E-state index in [1.54, 1.807) is 20.8 Å². The molecular formula is C15H20FNO4. The lowest BCUT2D eigenvalue weighted by Crippen LogP contribution is -2.45. The minimum absolute atomic E-state index is 0.208. The van der Waals surface area contributed by atoms with E-state index in [0.29, 0.717) is 0 Å². The van der Waals surface area contributed by atoms with E-state index in [-0.39, 0.29) is 12.1 Å². The Morgan fingerprint density at radius 3 is 2.38 bits per heavy atom. The fourth-order valence-corrected chi connectivity index (χ4v) is 1.70. The molecule has 116 valence electrons. The third-order valence-corrected chi connectivity index (χ3v) is 2.92. The van der Waals surface area contributed by atoms with E-state index in [4.69, 9.17) is 4.74 Å². The Balaban J connectivity index is 2.88. The number of amides is 1. The average molecular weight is 297 g/mol. The number of carboxylic acid groups (broad SMARTS) is 1. The van der Waals surface area contributed by atoms with Crippen molar-refractivity contribution >= 4 is 12.1 Å². The molecule has 1 aromatic carbocycles. The minimum atomic E-state index is -1.45. The molecule has 0 spiro atoms. The van der Waals surface area contributed by atoms with Crippen LogP contribution in [0.4, 0.5) is 9.18 Å². The quantitative estimate of drug-likeness (QED) is 0.896. The summed E-state index contributed by atoms with van der Waals surface area (Å²) in [6.45, 7) is 6.32. The van der Waals surface area contributed by atoms with Gasteiger partial charge in [-0.2, -0.15) is 0 Å². The molecule has 0 aliphatic rings. The molecule has 0 radical (unpaired) electrons. The number of carbonyl (C=O) groups is 2. The average Bonchev–Trinajstić information content (AvgIpc) is 2.33. The number of hydrogen-bond donors (Lipinski definition) is 2. The molecule has 0 saturated heterocycles. The number of alkyl carbamates (subject to hydrolysis) is 1. The van der Waals surface area contributed by atoms with Crippen LogP contribution in [0, 0.1) is 5.82 Å². The van der Waals surface area contributed by atoms with Gasteiger partial charge in [-0.15, -0.1) is 0 Å². The Morgan fingerprint density at radius 1 is 1.29 bits per heavy atom. The van der Waals surface area contributed by atoms with Gasteiger partial charge in [-0.3, -0.25) is 4.79 Å². The SMILES string of the molecule is CC(C)(C)OC(=O)NCC(C)(C(=O)O)c1cccc(F)c1. The van der Waals surface area contributed by atoms with Crippen molar-refractivity contribution in [3.63, 3.8) is 0 Å². The molecule has 1 rings (SSSR count). The van der Waals surface area contributed by atoms with Crippen molar-refractivity contribution < 1.29 is 23.8 Å². The Hall–Kier alpha value is -2.11. The minimum Gasteiger partial charge on any atom is -0.481 e. The third kappa shape index (κ3) is 4.73. The van der Waals surface area contributed by atoms with Crippen LogP contribution in [0.25, 0.3) is 0 Å². The van der Waals surface area contributed by atoms with Gasteiger partial charge in [-0.25, -0.2) is 9.18 Å². The summed E-state index contributed by atoms with van der Waals surface area (Å²) in [5.41, 5.74) is -1.85. The van der Waals surface area contributed by atoms with E-state index in [2.05, 4.69) is 5.32 Å². The molecule has 2 N–H and O–H groups in total. The van der Waals surface area contributed by atoms with Gasteiger partial charge in [0.25, 0.3) is 0 Å². The number of halogens is 1. The second kappa shape index (κ2) is 6.11. The molecule has 0 bridgehead atoms. The zero-order valence-corrected chi connectivity index (χ0v) is 12.6. The van der Waals surface area contributed by atoms with Gasteiger partial charge in [0.2, 0.25) is 0 Å². The zero-order chi connectivity index (χ0) is 16.3. The van der Waals surface area contributed by atoms with Gasteiger partial charge in [0.05, 0.1) is 0 Å². The predicted octanol–water partition coefficient (Wildman–Crippen LogP) is 2.69. The number of carboxylic acids is 1. The molecule has 1 aromatic rings. The van der Waals surface area contributed by atoms with Crippen molar-refractivity contribution in [2.75, 3.05) is 6.54 Å². The number of benzene rings is 1. The van der Waals surface area contributed by atoms with Crippen LogP contribution in [-0.2, 0) is 14.9 Å². The Labute approximate surface area is 123 Å². The van der Waals surface area contributed by atoms with Crippen molar-refractivity contribution in [2.24, 2.45) is 0 Å². The second-order valence-electron chi connectivity index (χ2n) is 6.00. The van der Waals surface area contributed by atoms with Gasteiger partial charge in [0.15, 0.2) is 0 Å². The highest BCUT2D eigenvalue weighted by Crippen LogP contribution is 2.24. The molecule has 1 amide bonds. The van der Waals surface area contributed by atoms with Crippen LogP contribution >= 0.6 is 0 Å². The summed E-state index contributed by atoms with van der Waals surface area (Å²) in [4.78, 5) is 23.1. The number of rotatable bonds is 4. The molecule has 5 nitrogen and oxygen atoms in total. The van der Waals surface area contributed by atoms with Crippen molar-refractivity contribution in [2.45, 2.75) is 38.7 Å². The van der Waals surface area contributed by atoms with E-state index in [1.165, 1.54) is 25.1 Å². The van der Waals surface area contributed by atoms with Crippen molar-refractivity contribution in [3.05, 3.63) is 35.6 Å². The molecule has 0 heterocycles. The van der Waals surface area contributed by atoms with E-state index in [1.807, 2.05) is 0 Å². The van der Waals surface area contributed by atoms with Crippen molar-refractivity contribution in [3.8, 4) is 0 Å². The first-order chi connectivity index (χ1) is 9.54. The second-order valence-corrected chi connectivity index (χ2v) is 6.00. The Morgan fingerprint density at radius 2 is 1.90 bits per heavy atom. The van der Waals surface area contributed by atoms with Gasteiger partial charge in [-0.1, -0.05) is 12.1 Å². The van der Waals surface area contributed by atoms with E-state index >= 15 is 0 Å². The lowest BCUT2D eigenvalue weighted by atomic mass is 9.82. The van der Waals surface area contributed by atoms with Gasteiger partial charge in [0.1, 0.15) is 16.8 Å². The Kier molecular flexibility index (Phi) is 4.93. The number of nitrogens with one attached hydrogen (secondary N) is 1. The number of carbonyl (C=O) groups excluding carboxylic acids is 1. The highest BCUT2D eigenvalue weighted by Gasteiger charge is 2.36.